The van der Waals surface area contributed by atoms with Crippen LogP contribution in [0.4, 0.5) is 0 Å². The second-order valence-electron chi connectivity index (χ2n) is 5.02. The van der Waals surface area contributed by atoms with Crippen molar-refractivity contribution in [2.75, 3.05) is 0 Å². The Labute approximate surface area is 122 Å². The van der Waals surface area contributed by atoms with E-state index in [1.54, 1.807) is 4.68 Å². The second kappa shape index (κ2) is 5.54. The molecule has 5 heteroatoms. The highest BCUT2D eigenvalue weighted by Crippen LogP contribution is 2.38. The molecule has 3 rings (SSSR count). The summed E-state index contributed by atoms with van der Waals surface area (Å²) in [5.74, 6) is 1.46. The number of H-pyrrole nitrogens is 1. The summed E-state index contributed by atoms with van der Waals surface area (Å²) in [6.07, 6.45) is 6.26. The first-order valence-electron chi connectivity index (χ1n) is 6.69. The zero-order valence-corrected chi connectivity index (χ0v) is 12.1. The van der Waals surface area contributed by atoms with E-state index in [1.807, 2.05) is 31.3 Å². The van der Waals surface area contributed by atoms with Crippen LogP contribution in [0, 0.1) is 4.77 Å². The van der Waals surface area contributed by atoms with Crippen molar-refractivity contribution in [3.63, 3.8) is 0 Å². The van der Waals surface area contributed by atoms with Gasteiger partial charge in [-0.25, -0.2) is 0 Å². The van der Waals surface area contributed by atoms with Crippen molar-refractivity contribution in [2.24, 2.45) is 5.10 Å². The number of nitrogens with one attached hydrogen (secondary N) is 1. The summed E-state index contributed by atoms with van der Waals surface area (Å²) in [4.78, 5) is 0. The molecule has 1 aliphatic rings. The van der Waals surface area contributed by atoms with Gasteiger partial charge >= 0.3 is 0 Å². The standard InChI is InChI=1S/C15H16N4S/c1-11(9-12-5-3-2-4-6-12)10-16-19-14(13-7-8-13)17-18-15(19)20/h2-6,9-10,13H,7-8H2,1H3,(H,18,20)/b11-9+,16-10?. The molecule has 0 bridgehead atoms. The van der Waals surface area contributed by atoms with Crippen LogP contribution in [0.1, 0.15) is 37.1 Å². The lowest BCUT2D eigenvalue weighted by Gasteiger charge is -1.98. The molecule has 1 aromatic carbocycles. The first-order valence-corrected chi connectivity index (χ1v) is 7.10. The molecule has 0 aliphatic heterocycles. The van der Waals surface area contributed by atoms with Gasteiger partial charge < -0.3 is 0 Å². The van der Waals surface area contributed by atoms with E-state index in [9.17, 15) is 0 Å². The minimum absolute atomic E-state index is 0.513. The van der Waals surface area contributed by atoms with Crippen LogP contribution in [-0.4, -0.2) is 21.1 Å². The molecule has 1 fully saturated rings. The summed E-state index contributed by atoms with van der Waals surface area (Å²) in [6.45, 7) is 2.02. The number of allylic oxidation sites excluding steroid dienone is 1. The molecule has 0 saturated heterocycles. The SMILES string of the molecule is C/C(C=Nn1c(C2CC2)n[nH]c1=S)=C\c1ccccc1. The first kappa shape index (κ1) is 13.0. The van der Waals surface area contributed by atoms with Crippen molar-refractivity contribution in [2.45, 2.75) is 25.7 Å². The number of hydrogen-bond donors (Lipinski definition) is 1. The highest BCUT2D eigenvalue weighted by molar-refractivity contribution is 7.71. The number of aromatic nitrogens is 3. The lowest BCUT2D eigenvalue weighted by Crippen LogP contribution is -1.97. The van der Waals surface area contributed by atoms with Crippen LogP contribution in [0.3, 0.4) is 0 Å². The predicted molar refractivity (Wildman–Crippen MR) is 83.4 cm³/mol. The fourth-order valence-corrected chi connectivity index (χ4v) is 2.21. The molecule has 1 heterocycles. The maximum absolute atomic E-state index is 5.21. The van der Waals surface area contributed by atoms with Gasteiger partial charge in [-0.15, -0.1) is 0 Å². The van der Waals surface area contributed by atoms with Gasteiger partial charge in [-0.3, -0.25) is 5.10 Å². The molecule has 0 atom stereocenters. The third kappa shape index (κ3) is 2.93. The summed E-state index contributed by atoms with van der Waals surface area (Å²) in [6, 6.07) is 10.2. The Hall–Kier alpha value is -2.01. The number of hydrogen-bond acceptors (Lipinski definition) is 3. The van der Waals surface area contributed by atoms with E-state index in [0.717, 1.165) is 17.0 Å². The van der Waals surface area contributed by atoms with Crippen LogP contribution in [0.5, 0.6) is 0 Å². The molecule has 0 unspecified atom stereocenters. The van der Waals surface area contributed by atoms with Gasteiger partial charge in [-0.1, -0.05) is 36.4 Å². The molecule has 102 valence electrons. The Morgan fingerprint density at radius 2 is 2.15 bits per heavy atom. The van der Waals surface area contributed by atoms with Crippen LogP contribution >= 0.6 is 12.2 Å². The minimum Gasteiger partial charge on any atom is -0.250 e. The van der Waals surface area contributed by atoms with Gasteiger partial charge in [0.05, 0.1) is 6.21 Å². The number of benzene rings is 1. The Morgan fingerprint density at radius 1 is 1.40 bits per heavy atom. The van der Waals surface area contributed by atoms with Crippen molar-refractivity contribution in [1.82, 2.24) is 14.9 Å². The van der Waals surface area contributed by atoms with Gasteiger partial charge in [0.2, 0.25) is 4.77 Å². The summed E-state index contributed by atoms with van der Waals surface area (Å²) in [7, 11) is 0. The van der Waals surface area contributed by atoms with Gasteiger partial charge in [-0.05, 0) is 43.1 Å². The van der Waals surface area contributed by atoms with Gasteiger partial charge in [-0.2, -0.15) is 14.9 Å². The molecular weight excluding hydrogens is 268 g/mol. The van der Waals surface area contributed by atoms with E-state index in [0.29, 0.717) is 10.7 Å². The lowest BCUT2D eigenvalue weighted by molar-refractivity contribution is 0.772. The van der Waals surface area contributed by atoms with Gasteiger partial charge in [0, 0.05) is 5.92 Å². The summed E-state index contributed by atoms with van der Waals surface area (Å²) in [5, 5.41) is 11.5. The minimum atomic E-state index is 0.513. The molecule has 1 N–H and O–H groups in total. The monoisotopic (exact) mass is 284 g/mol. The Morgan fingerprint density at radius 3 is 2.85 bits per heavy atom. The average molecular weight is 284 g/mol. The van der Waals surface area contributed by atoms with E-state index in [4.69, 9.17) is 12.2 Å². The number of nitrogens with zero attached hydrogens (tertiary/aromatic N) is 3. The Balaban J connectivity index is 1.82. The summed E-state index contributed by atoms with van der Waals surface area (Å²) < 4.78 is 2.28. The molecular formula is C15H16N4S. The molecule has 2 aromatic rings. The Kier molecular flexibility index (Phi) is 3.60. The Bertz CT molecular complexity index is 705. The van der Waals surface area contributed by atoms with Crippen molar-refractivity contribution in [1.29, 1.82) is 0 Å². The fourth-order valence-electron chi connectivity index (χ4n) is 2.02. The quantitative estimate of drug-likeness (QED) is 0.686. The van der Waals surface area contributed by atoms with Gasteiger partial charge in [0.15, 0.2) is 5.82 Å². The normalized spacial score (nSPS) is 15.9. The molecule has 1 saturated carbocycles. The van der Waals surface area contributed by atoms with Crippen molar-refractivity contribution in [3.8, 4) is 0 Å². The fraction of sp³-hybridized carbons (Fsp3) is 0.267. The van der Waals surface area contributed by atoms with Crippen LogP contribution in [0.15, 0.2) is 41.0 Å². The number of aromatic amines is 1. The van der Waals surface area contributed by atoms with Crippen molar-refractivity contribution < 1.29 is 0 Å². The molecule has 1 aromatic heterocycles. The van der Waals surface area contributed by atoms with Crippen LogP contribution in [0.2, 0.25) is 0 Å². The van der Waals surface area contributed by atoms with E-state index in [-0.39, 0.29) is 0 Å². The highest BCUT2D eigenvalue weighted by atomic mass is 32.1. The van der Waals surface area contributed by atoms with Crippen LogP contribution < -0.4 is 0 Å². The van der Waals surface area contributed by atoms with Crippen molar-refractivity contribution >= 4 is 24.5 Å². The maximum atomic E-state index is 5.21. The maximum Gasteiger partial charge on any atom is 0.216 e. The van der Waals surface area contributed by atoms with Gasteiger partial charge in [0.25, 0.3) is 0 Å². The van der Waals surface area contributed by atoms with E-state index in [2.05, 4.69) is 33.5 Å². The third-order valence-corrected chi connectivity index (χ3v) is 3.45. The summed E-state index contributed by atoms with van der Waals surface area (Å²) in [5.41, 5.74) is 2.23. The number of rotatable bonds is 4. The second-order valence-corrected chi connectivity index (χ2v) is 5.40. The zero-order valence-electron chi connectivity index (χ0n) is 11.3. The average Bonchev–Trinajstić information content (AvgIpc) is 3.22. The summed E-state index contributed by atoms with van der Waals surface area (Å²) >= 11 is 5.21. The highest BCUT2D eigenvalue weighted by Gasteiger charge is 2.29. The van der Waals surface area contributed by atoms with E-state index < -0.39 is 0 Å². The predicted octanol–water partition coefficient (Wildman–Crippen LogP) is 3.76. The topological polar surface area (TPSA) is 46.0 Å². The van der Waals surface area contributed by atoms with Crippen molar-refractivity contribution in [3.05, 3.63) is 52.1 Å². The third-order valence-electron chi connectivity index (χ3n) is 3.19. The largest absolute Gasteiger partial charge is 0.250 e. The molecule has 0 spiro atoms. The van der Waals surface area contributed by atoms with E-state index >= 15 is 0 Å². The molecule has 0 amide bonds. The smallest absolute Gasteiger partial charge is 0.216 e. The molecule has 0 radical (unpaired) electrons. The van der Waals surface area contributed by atoms with Crippen LogP contribution in [0.25, 0.3) is 6.08 Å². The molecule has 4 nitrogen and oxygen atoms in total. The van der Waals surface area contributed by atoms with Crippen LogP contribution in [-0.2, 0) is 0 Å². The molecule has 20 heavy (non-hydrogen) atoms. The van der Waals surface area contributed by atoms with E-state index in [1.165, 1.54) is 12.8 Å². The first-order chi connectivity index (χ1) is 9.74. The zero-order chi connectivity index (χ0) is 13.9. The molecule has 1 aliphatic carbocycles. The van der Waals surface area contributed by atoms with Gasteiger partial charge in [0.1, 0.15) is 0 Å². The lowest BCUT2D eigenvalue weighted by atomic mass is 10.1.